The van der Waals surface area contributed by atoms with Gasteiger partial charge in [-0.1, -0.05) is 60.7 Å². The Hall–Kier alpha value is -6.24. The summed E-state index contributed by atoms with van der Waals surface area (Å²) in [6.07, 6.45) is -1.64. The number of para-hydroxylation sites is 2. The summed E-state index contributed by atoms with van der Waals surface area (Å²) in [5, 5.41) is 10.6. The number of likely N-dealkylation sites (N-methyl/N-ethyl adjacent to an activating group) is 1. The number of rotatable bonds is 7. The van der Waals surface area contributed by atoms with E-state index in [2.05, 4.69) is 22.9 Å². The van der Waals surface area contributed by atoms with Crippen molar-refractivity contribution in [1.29, 1.82) is 0 Å². The van der Waals surface area contributed by atoms with Crippen LogP contribution in [-0.2, 0) is 13.0 Å². The molecule has 0 aliphatic carbocycles. The van der Waals surface area contributed by atoms with Crippen molar-refractivity contribution in [3.8, 4) is 22.9 Å². The molecule has 1 atom stereocenters. The molecule has 0 saturated carbocycles. The molecule has 284 valence electrons. The predicted molar refractivity (Wildman–Crippen MR) is 208 cm³/mol. The van der Waals surface area contributed by atoms with Crippen molar-refractivity contribution in [3.63, 3.8) is 0 Å². The van der Waals surface area contributed by atoms with Gasteiger partial charge in [0.15, 0.2) is 11.5 Å². The van der Waals surface area contributed by atoms with E-state index < -0.39 is 6.29 Å². The zero-order chi connectivity index (χ0) is 38.6. The largest absolute Gasteiger partial charge is 0.586 e. The summed E-state index contributed by atoms with van der Waals surface area (Å²) >= 11 is 0. The van der Waals surface area contributed by atoms with Gasteiger partial charge in [-0.15, -0.1) is 8.78 Å². The van der Waals surface area contributed by atoms with E-state index in [0.29, 0.717) is 47.4 Å². The van der Waals surface area contributed by atoms with Gasteiger partial charge in [0.2, 0.25) is 0 Å². The average Bonchev–Trinajstić information content (AvgIpc) is 3.74. The summed E-state index contributed by atoms with van der Waals surface area (Å²) in [6.45, 7) is 4.59. The van der Waals surface area contributed by atoms with Crippen LogP contribution in [0.1, 0.15) is 31.8 Å². The second kappa shape index (κ2) is 14.1. The minimum Gasteiger partial charge on any atom is -0.508 e. The standard InChI is InChI=1S/C44H39F2N5O5/c1-47-19-21-48(22-20-47)27-33-23-29-9-5-6-10-30(29)26-49(33)42(53)36-24-40-41(56-44(45,46)55-40)25-39(36)50-28-37(35-13-7-8-14-38(35)50)43(54)51(31-11-3-2-4-12-31)32-15-17-34(52)18-16-32/h2-18,24-25,28,33,52H,19-23,26-27H2,1H3/t33-/m0/s1. The lowest BCUT2D eigenvalue weighted by Gasteiger charge is -2.41. The first-order chi connectivity index (χ1) is 27.1. The number of fused-ring (bicyclic) bond motifs is 3. The van der Waals surface area contributed by atoms with Gasteiger partial charge < -0.3 is 28.9 Å². The van der Waals surface area contributed by atoms with E-state index in [1.165, 1.54) is 29.8 Å². The number of aromatic nitrogens is 1. The van der Waals surface area contributed by atoms with Crippen molar-refractivity contribution < 1.29 is 33.0 Å². The number of amides is 2. The number of ether oxygens (including phenoxy) is 2. The number of hydrogen-bond acceptors (Lipinski definition) is 7. The summed E-state index contributed by atoms with van der Waals surface area (Å²) in [7, 11) is 2.10. The molecule has 6 aromatic rings. The first kappa shape index (κ1) is 35.5. The lowest BCUT2D eigenvalue weighted by molar-refractivity contribution is -0.286. The van der Waals surface area contributed by atoms with Gasteiger partial charge in [0, 0.05) is 74.3 Å². The van der Waals surface area contributed by atoms with Crippen molar-refractivity contribution >= 4 is 34.1 Å². The van der Waals surface area contributed by atoms with E-state index in [1.54, 1.807) is 27.8 Å². The van der Waals surface area contributed by atoms with E-state index in [1.807, 2.05) is 77.7 Å². The number of piperazine rings is 1. The second-order valence-electron chi connectivity index (χ2n) is 14.6. The quantitative estimate of drug-likeness (QED) is 0.181. The Morgan fingerprint density at radius 3 is 2.18 bits per heavy atom. The van der Waals surface area contributed by atoms with Crippen molar-refractivity contribution in [2.24, 2.45) is 0 Å². The van der Waals surface area contributed by atoms with Crippen LogP contribution in [0, 0.1) is 0 Å². The molecule has 3 aliphatic rings. The van der Waals surface area contributed by atoms with E-state index in [0.717, 1.165) is 31.7 Å². The molecule has 56 heavy (non-hydrogen) atoms. The Morgan fingerprint density at radius 1 is 0.786 bits per heavy atom. The highest BCUT2D eigenvalue weighted by atomic mass is 19.3. The van der Waals surface area contributed by atoms with Gasteiger partial charge in [-0.05, 0) is 73.1 Å². The van der Waals surface area contributed by atoms with Gasteiger partial charge in [0.05, 0.1) is 22.3 Å². The fourth-order valence-electron chi connectivity index (χ4n) is 8.06. The Morgan fingerprint density at radius 2 is 1.43 bits per heavy atom. The van der Waals surface area contributed by atoms with Crippen LogP contribution in [-0.4, -0.2) is 88.3 Å². The molecular weight excluding hydrogens is 717 g/mol. The van der Waals surface area contributed by atoms with Crippen LogP contribution in [0.3, 0.4) is 0 Å². The van der Waals surface area contributed by atoms with Gasteiger partial charge in [0.25, 0.3) is 11.8 Å². The van der Waals surface area contributed by atoms with Crippen molar-refractivity contribution in [2.45, 2.75) is 25.3 Å². The van der Waals surface area contributed by atoms with E-state index in [4.69, 9.17) is 9.47 Å². The summed E-state index contributed by atoms with van der Waals surface area (Å²) in [5.74, 6) is -1.14. The van der Waals surface area contributed by atoms with Crippen LogP contribution in [0.25, 0.3) is 16.6 Å². The lowest BCUT2D eigenvalue weighted by Crippen LogP contribution is -2.53. The number of phenolic OH excluding ortho intramolecular Hbond substituents is 1. The van der Waals surface area contributed by atoms with Gasteiger partial charge in [-0.2, -0.15) is 0 Å². The zero-order valence-corrected chi connectivity index (χ0v) is 30.6. The van der Waals surface area contributed by atoms with Crippen molar-refractivity contribution in [3.05, 3.63) is 144 Å². The molecule has 0 radical (unpaired) electrons. The minimum atomic E-state index is -3.92. The average molecular weight is 756 g/mol. The monoisotopic (exact) mass is 755 g/mol. The summed E-state index contributed by atoms with van der Waals surface area (Å²) in [4.78, 5) is 38.0. The number of aromatic hydroxyl groups is 1. The molecule has 4 heterocycles. The zero-order valence-electron chi connectivity index (χ0n) is 30.6. The number of alkyl halides is 2. The van der Waals surface area contributed by atoms with Crippen molar-refractivity contribution in [2.75, 3.05) is 44.7 Å². The molecule has 1 saturated heterocycles. The molecule has 5 aromatic carbocycles. The maximum atomic E-state index is 15.2. The number of phenols is 1. The molecule has 2 amide bonds. The second-order valence-corrected chi connectivity index (χ2v) is 14.6. The van der Waals surface area contributed by atoms with Crippen LogP contribution in [0.4, 0.5) is 20.2 Å². The fourth-order valence-corrected chi connectivity index (χ4v) is 8.06. The van der Waals surface area contributed by atoms with Gasteiger partial charge in [-0.3, -0.25) is 19.4 Å². The summed E-state index contributed by atoms with van der Waals surface area (Å²) in [6, 6.07) is 33.4. The Labute approximate surface area is 322 Å². The molecule has 1 fully saturated rings. The molecule has 0 bridgehead atoms. The number of anilines is 2. The van der Waals surface area contributed by atoms with Crippen LogP contribution < -0.4 is 14.4 Å². The number of nitrogens with zero attached hydrogens (tertiary/aromatic N) is 5. The predicted octanol–water partition coefficient (Wildman–Crippen LogP) is 7.45. The van der Waals surface area contributed by atoms with Crippen molar-refractivity contribution in [1.82, 2.24) is 19.3 Å². The van der Waals surface area contributed by atoms with E-state index >= 15 is 4.79 Å². The molecule has 0 spiro atoms. The van der Waals surface area contributed by atoms with Crippen LogP contribution in [0.15, 0.2) is 121 Å². The molecule has 0 unspecified atom stereocenters. The van der Waals surface area contributed by atoms with Crippen LogP contribution in [0.2, 0.25) is 0 Å². The number of carbonyl (C=O) groups is 2. The number of hydrogen-bond donors (Lipinski definition) is 1. The first-order valence-corrected chi connectivity index (χ1v) is 18.6. The highest BCUT2D eigenvalue weighted by molar-refractivity contribution is 6.17. The van der Waals surface area contributed by atoms with E-state index in [9.17, 15) is 18.7 Å². The topological polar surface area (TPSA) is 90.7 Å². The molecule has 9 rings (SSSR count). The molecule has 12 heteroatoms. The molecule has 10 nitrogen and oxygen atoms in total. The number of halogens is 2. The lowest BCUT2D eigenvalue weighted by atomic mass is 9.92. The first-order valence-electron chi connectivity index (χ1n) is 18.6. The molecule has 3 aliphatic heterocycles. The Kier molecular flexibility index (Phi) is 8.94. The minimum absolute atomic E-state index is 0.0550. The normalized spacial score (nSPS) is 17.8. The maximum absolute atomic E-state index is 15.2. The Balaban J connectivity index is 1.17. The fraction of sp³-hybridized carbons (Fsp3) is 0.227. The van der Waals surface area contributed by atoms with Gasteiger partial charge in [0.1, 0.15) is 5.75 Å². The third-order valence-electron chi connectivity index (χ3n) is 11.0. The van der Waals surface area contributed by atoms with Gasteiger partial charge >= 0.3 is 6.29 Å². The maximum Gasteiger partial charge on any atom is 0.586 e. The smallest absolute Gasteiger partial charge is 0.508 e. The van der Waals surface area contributed by atoms with Crippen LogP contribution >= 0.6 is 0 Å². The number of carbonyl (C=O) groups excluding carboxylic acids is 2. The molecule has 1 N–H and O–H groups in total. The third-order valence-corrected chi connectivity index (χ3v) is 11.0. The highest BCUT2D eigenvalue weighted by Crippen LogP contribution is 2.45. The summed E-state index contributed by atoms with van der Waals surface area (Å²) in [5.41, 5.74) is 4.60. The van der Waals surface area contributed by atoms with Gasteiger partial charge in [-0.25, -0.2) is 0 Å². The Bertz CT molecular complexity index is 2450. The van der Waals surface area contributed by atoms with Crippen LogP contribution in [0.5, 0.6) is 17.2 Å². The third kappa shape index (κ3) is 6.60. The summed E-state index contributed by atoms with van der Waals surface area (Å²) < 4.78 is 40.9. The van der Waals surface area contributed by atoms with E-state index in [-0.39, 0.29) is 46.4 Å². The highest BCUT2D eigenvalue weighted by Gasteiger charge is 2.45. The number of benzene rings is 5. The SMILES string of the molecule is CN1CCN(C[C@@H]2Cc3ccccc3CN2C(=O)c2cc3c(cc2-n2cc(C(=O)N(c4ccccc4)c4ccc(O)cc4)c4ccccc42)OC(F)(F)O3)CC1. The molecular formula is C44H39F2N5O5. The molecule has 1 aromatic heterocycles.